The molecule has 3 rings (SSSR count). The Morgan fingerprint density at radius 1 is 1.17 bits per heavy atom. The monoisotopic (exact) mass is 420 g/mol. The molecule has 1 unspecified atom stereocenters. The number of guanidine groups is 1. The Morgan fingerprint density at radius 2 is 1.86 bits per heavy atom. The van der Waals surface area contributed by atoms with Crippen LogP contribution in [0, 0.1) is 5.92 Å². The number of likely N-dealkylation sites (tertiary alicyclic amines) is 1. The van der Waals surface area contributed by atoms with E-state index in [1.54, 1.807) is 19.2 Å². The molecular formula is C21H32N4O3S. The van der Waals surface area contributed by atoms with E-state index in [0.29, 0.717) is 17.3 Å². The van der Waals surface area contributed by atoms with E-state index in [4.69, 9.17) is 0 Å². The molecule has 1 aromatic carbocycles. The molecule has 0 bridgehead atoms. The van der Waals surface area contributed by atoms with Gasteiger partial charge in [0.25, 0.3) is 0 Å². The smallest absolute Gasteiger partial charge is 0.225 e. The molecule has 2 aliphatic rings. The predicted octanol–water partition coefficient (Wildman–Crippen LogP) is 1.59. The van der Waals surface area contributed by atoms with Crippen molar-refractivity contribution in [2.75, 3.05) is 32.9 Å². The summed E-state index contributed by atoms with van der Waals surface area (Å²) in [7, 11) is -1.42. The third-order valence-electron chi connectivity index (χ3n) is 5.83. The Morgan fingerprint density at radius 3 is 2.48 bits per heavy atom. The fraction of sp³-hybridized carbons (Fsp3) is 0.619. The normalized spacial score (nSPS) is 20.8. The van der Waals surface area contributed by atoms with Crippen LogP contribution >= 0.6 is 0 Å². The summed E-state index contributed by atoms with van der Waals surface area (Å²) in [6, 6.07) is 7.20. The van der Waals surface area contributed by atoms with E-state index < -0.39 is 9.84 Å². The average Bonchev–Trinajstić information content (AvgIpc) is 3.38. The van der Waals surface area contributed by atoms with Crippen LogP contribution in [0.1, 0.15) is 37.7 Å². The molecule has 2 N–H and O–H groups in total. The largest absolute Gasteiger partial charge is 0.356 e. The molecule has 29 heavy (non-hydrogen) atoms. The molecular weight excluding hydrogens is 388 g/mol. The van der Waals surface area contributed by atoms with Crippen LogP contribution in [0.15, 0.2) is 34.2 Å². The van der Waals surface area contributed by atoms with Gasteiger partial charge in [0.2, 0.25) is 5.91 Å². The highest BCUT2D eigenvalue weighted by molar-refractivity contribution is 7.90. The van der Waals surface area contributed by atoms with Crippen molar-refractivity contribution in [2.24, 2.45) is 10.9 Å². The van der Waals surface area contributed by atoms with Crippen LogP contribution in [0.2, 0.25) is 0 Å². The quantitative estimate of drug-likeness (QED) is 0.539. The van der Waals surface area contributed by atoms with E-state index in [1.807, 2.05) is 17.0 Å². The van der Waals surface area contributed by atoms with Crippen LogP contribution in [-0.2, 0) is 21.1 Å². The van der Waals surface area contributed by atoms with Gasteiger partial charge in [0.15, 0.2) is 15.8 Å². The molecule has 1 amide bonds. The first-order valence-electron chi connectivity index (χ1n) is 10.4. The van der Waals surface area contributed by atoms with Gasteiger partial charge in [-0.25, -0.2) is 8.42 Å². The van der Waals surface area contributed by atoms with Crippen LogP contribution in [0.25, 0.3) is 0 Å². The number of carbonyl (C=O) groups excluding carboxylic acids is 1. The van der Waals surface area contributed by atoms with E-state index in [2.05, 4.69) is 15.6 Å². The molecule has 0 radical (unpaired) electrons. The van der Waals surface area contributed by atoms with Crippen LogP contribution in [0.4, 0.5) is 0 Å². The van der Waals surface area contributed by atoms with Gasteiger partial charge in [0.05, 0.1) is 4.90 Å². The summed E-state index contributed by atoms with van der Waals surface area (Å²) >= 11 is 0. The van der Waals surface area contributed by atoms with Crippen molar-refractivity contribution >= 4 is 21.7 Å². The first kappa shape index (κ1) is 21.6. The average molecular weight is 421 g/mol. The maximum absolute atomic E-state index is 12.6. The topological polar surface area (TPSA) is 90.9 Å². The maximum atomic E-state index is 12.6. The molecule has 1 heterocycles. The number of hydrogen-bond acceptors (Lipinski definition) is 4. The standard InChI is InChI=1S/C21H32N4O3S/c1-22-21(23-13-11-16-7-9-19(10-8-16)29(2,27)28)24-18-12-14-25(15-18)20(26)17-5-3-4-6-17/h7-10,17-18H,3-6,11-15H2,1-2H3,(H2,22,23,24). The number of sulfone groups is 1. The lowest BCUT2D eigenvalue weighted by molar-refractivity contribution is -0.134. The Labute approximate surface area is 173 Å². The van der Waals surface area contributed by atoms with E-state index in [1.165, 1.54) is 19.1 Å². The molecule has 2 fully saturated rings. The Kier molecular flexibility index (Phi) is 7.16. The number of amides is 1. The second-order valence-electron chi connectivity index (χ2n) is 8.06. The van der Waals surface area contributed by atoms with Gasteiger partial charge in [-0.05, 0) is 43.4 Å². The second kappa shape index (κ2) is 9.61. The first-order chi connectivity index (χ1) is 13.9. The fourth-order valence-electron chi connectivity index (χ4n) is 4.13. The molecule has 1 aliphatic carbocycles. The molecule has 0 aromatic heterocycles. The molecule has 1 atom stereocenters. The minimum absolute atomic E-state index is 0.223. The summed E-state index contributed by atoms with van der Waals surface area (Å²) in [5.41, 5.74) is 1.06. The van der Waals surface area contributed by atoms with E-state index in [0.717, 1.165) is 50.3 Å². The maximum Gasteiger partial charge on any atom is 0.225 e. The number of nitrogens with zero attached hydrogens (tertiary/aromatic N) is 2. The van der Waals surface area contributed by atoms with Crippen molar-refractivity contribution in [2.45, 2.75) is 49.5 Å². The second-order valence-corrected chi connectivity index (χ2v) is 10.1. The van der Waals surface area contributed by atoms with Gasteiger partial charge in [-0.3, -0.25) is 9.79 Å². The SMILES string of the molecule is CN=C(NCCc1ccc(S(C)(=O)=O)cc1)NC1CCN(C(=O)C2CCCC2)C1. The minimum atomic E-state index is -3.16. The lowest BCUT2D eigenvalue weighted by Gasteiger charge is -2.21. The summed E-state index contributed by atoms with van der Waals surface area (Å²) in [5, 5.41) is 6.73. The summed E-state index contributed by atoms with van der Waals surface area (Å²) in [6.45, 7) is 2.25. The predicted molar refractivity (Wildman–Crippen MR) is 115 cm³/mol. The molecule has 1 saturated heterocycles. The molecule has 1 saturated carbocycles. The third kappa shape index (κ3) is 5.95. The van der Waals surface area contributed by atoms with Gasteiger partial charge in [-0.2, -0.15) is 0 Å². The van der Waals surface area contributed by atoms with Gasteiger partial charge < -0.3 is 15.5 Å². The highest BCUT2D eigenvalue weighted by Gasteiger charge is 2.32. The zero-order chi connectivity index (χ0) is 20.9. The van der Waals surface area contributed by atoms with Crippen molar-refractivity contribution in [3.8, 4) is 0 Å². The number of nitrogens with one attached hydrogen (secondary N) is 2. The lowest BCUT2D eigenvalue weighted by Crippen LogP contribution is -2.45. The van der Waals surface area contributed by atoms with Crippen molar-refractivity contribution in [1.29, 1.82) is 0 Å². The molecule has 7 nitrogen and oxygen atoms in total. The number of aliphatic imine (C=N–C) groups is 1. The first-order valence-corrected chi connectivity index (χ1v) is 12.3. The zero-order valence-electron chi connectivity index (χ0n) is 17.4. The molecule has 8 heteroatoms. The van der Waals surface area contributed by atoms with E-state index in [-0.39, 0.29) is 12.0 Å². The summed E-state index contributed by atoms with van der Waals surface area (Å²) < 4.78 is 23.1. The highest BCUT2D eigenvalue weighted by Crippen LogP contribution is 2.27. The van der Waals surface area contributed by atoms with Gasteiger partial charge >= 0.3 is 0 Å². The molecule has 1 aliphatic heterocycles. The summed E-state index contributed by atoms with van der Waals surface area (Å²) in [4.78, 5) is 19.2. The van der Waals surface area contributed by atoms with E-state index in [9.17, 15) is 13.2 Å². The van der Waals surface area contributed by atoms with Gasteiger partial charge in [0, 0.05) is 44.9 Å². The van der Waals surface area contributed by atoms with Crippen LogP contribution in [0.3, 0.4) is 0 Å². The van der Waals surface area contributed by atoms with Gasteiger partial charge in [0.1, 0.15) is 0 Å². The lowest BCUT2D eigenvalue weighted by atomic mass is 10.1. The Bertz CT molecular complexity index is 830. The van der Waals surface area contributed by atoms with E-state index >= 15 is 0 Å². The van der Waals surface area contributed by atoms with Crippen molar-refractivity contribution in [3.63, 3.8) is 0 Å². The molecule has 160 valence electrons. The summed E-state index contributed by atoms with van der Waals surface area (Å²) in [6.07, 6.45) is 7.36. The van der Waals surface area contributed by atoms with Crippen molar-refractivity contribution in [3.05, 3.63) is 29.8 Å². The Hall–Kier alpha value is -2.09. The molecule has 0 spiro atoms. The third-order valence-corrected chi connectivity index (χ3v) is 6.95. The van der Waals surface area contributed by atoms with Gasteiger partial charge in [-0.1, -0.05) is 25.0 Å². The van der Waals surface area contributed by atoms with Crippen LogP contribution < -0.4 is 10.6 Å². The van der Waals surface area contributed by atoms with Gasteiger partial charge in [-0.15, -0.1) is 0 Å². The number of rotatable bonds is 6. The zero-order valence-corrected chi connectivity index (χ0v) is 18.2. The van der Waals surface area contributed by atoms with Crippen LogP contribution in [-0.4, -0.2) is 64.2 Å². The summed E-state index contributed by atoms with van der Waals surface area (Å²) in [5.74, 6) is 1.30. The van der Waals surface area contributed by atoms with Crippen molar-refractivity contribution in [1.82, 2.24) is 15.5 Å². The van der Waals surface area contributed by atoms with Crippen LogP contribution in [0.5, 0.6) is 0 Å². The number of carbonyl (C=O) groups is 1. The molecule has 1 aromatic rings. The fourth-order valence-corrected chi connectivity index (χ4v) is 4.76. The number of hydrogen-bond donors (Lipinski definition) is 2. The Balaban J connectivity index is 1.42. The van der Waals surface area contributed by atoms with Crippen molar-refractivity contribution < 1.29 is 13.2 Å². The number of benzene rings is 1. The highest BCUT2D eigenvalue weighted by atomic mass is 32.2. The minimum Gasteiger partial charge on any atom is -0.356 e.